The first-order valence-corrected chi connectivity index (χ1v) is 6.83. The van der Waals surface area contributed by atoms with Gasteiger partial charge in [-0.2, -0.15) is 16.9 Å². The Morgan fingerprint density at radius 2 is 2.53 bits per heavy atom. The Balaban J connectivity index is 2.01. The third-order valence-electron chi connectivity index (χ3n) is 3.05. The molecule has 0 aromatic carbocycles. The highest BCUT2D eigenvalue weighted by molar-refractivity contribution is 7.99. The molecule has 1 atom stereocenters. The van der Waals surface area contributed by atoms with Crippen molar-refractivity contribution < 1.29 is 9.90 Å². The second kappa shape index (κ2) is 5.55. The molecule has 1 aliphatic rings. The van der Waals surface area contributed by atoms with Gasteiger partial charge in [0.2, 0.25) is 0 Å². The monoisotopic (exact) mass is 255 g/mol. The SMILES string of the molecule is Cn1nccc1CN1CCSCC1CC(=O)O. The van der Waals surface area contributed by atoms with Gasteiger partial charge < -0.3 is 5.11 Å². The van der Waals surface area contributed by atoms with Crippen LogP contribution in [0, 0.1) is 0 Å². The predicted molar refractivity (Wildman–Crippen MR) is 67.0 cm³/mol. The normalized spacial score (nSPS) is 21.6. The first-order chi connectivity index (χ1) is 8.16. The van der Waals surface area contributed by atoms with E-state index >= 15 is 0 Å². The quantitative estimate of drug-likeness (QED) is 0.863. The highest BCUT2D eigenvalue weighted by Gasteiger charge is 2.25. The molecule has 1 unspecified atom stereocenters. The third-order valence-corrected chi connectivity index (χ3v) is 4.14. The van der Waals surface area contributed by atoms with Gasteiger partial charge in [-0.05, 0) is 6.07 Å². The van der Waals surface area contributed by atoms with Crippen molar-refractivity contribution in [3.8, 4) is 0 Å². The van der Waals surface area contributed by atoms with Gasteiger partial charge in [-0.15, -0.1) is 0 Å². The fourth-order valence-electron chi connectivity index (χ4n) is 2.05. The number of nitrogens with zero attached hydrogens (tertiary/aromatic N) is 3. The second-order valence-corrected chi connectivity index (χ2v) is 5.39. The van der Waals surface area contributed by atoms with Crippen LogP contribution in [-0.2, 0) is 18.4 Å². The van der Waals surface area contributed by atoms with Crippen LogP contribution in [-0.4, -0.2) is 49.8 Å². The van der Waals surface area contributed by atoms with Crippen LogP contribution in [0.2, 0.25) is 0 Å². The van der Waals surface area contributed by atoms with E-state index in [4.69, 9.17) is 5.11 Å². The summed E-state index contributed by atoms with van der Waals surface area (Å²) in [4.78, 5) is 13.1. The van der Waals surface area contributed by atoms with E-state index in [9.17, 15) is 4.79 Å². The Kier molecular flexibility index (Phi) is 4.06. The minimum atomic E-state index is -0.715. The summed E-state index contributed by atoms with van der Waals surface area (Å²) in [5, 5.41) is 13.0. The van der Waals surface area contributed by atoms with Crippen molar-refractivity contribution in [3.63, 3.8) is 0 Å². The summed E-state index contributed by atoms with van der Waals surface area (Å²) < 4.78 is 1.85. The average molecular weight is 255 g/mol. The highest BCUT2D eigenvalue weighted by atomic mass is 32.2. The van der Waals surface area contributed by atoms with E-state index in [1.165, 1.54) is 0 Å². The van der Waals surface area contributed by atoms with Crippen LogP contribution < -0.4 is 0 Å². The van der Waals surface area contributed by atoms with Crippen LogP contribution in [0.1, 0.15) is 12.1 Å². The predicted octanol–water partition coefficient (Wildman–Crippen LogP) is 0.812. The molecule has 1 N–H and O–H groups in total. The Hall–Kier alpha value is -1.01. The number of carboxylic acid groups (broad SMARTS) is 1. The van der Waals surface area contributed by atoms with Gasteiger partial charge in [-0.1, -0.05) is 0 Å². The molecule has 1 fully saturated rings. The fourth-order valence-corrected chi connectivity index (χ4v) is 3.18. The molecule has 0 amide bonds. The van der Waals surface area contributed by atoms with E-state index in [0.29, 0.717) is 0 Å². The van der Waals surface area contributed by atoms with E-state index in [0.717, 1.165) is 30.3 Å². The van der Waals surface area contributed by atoms with Crippen LogP contribution in [0.5, 0.6) is 0 Å². The molecule has 1 aromatic rings. The molecule has 0 radical (unpaired) electrons. The summed E-state index contributed by atoms with van der Waals surface area (Å²) in [7, 11) is 1.92. The Labute approximate surface area is 105 Å². The van der Waals surface area contributed by atoms with Crippen molar-refractivity contribution in [1.29, 1.82) is 0 Å². The molecule has 0 bridgehead atoms. The van der Waals surface area contributed by atoms with Gasteiger partial charge in [-0.25, -0.2) is 0 Å². The van der Waals surface area contributed by atoms with Crippen molar-refractivity contribution in [2.75, 3.05) is 18.1 Å². The summed E-state index contributed by atoms with van der Waals surface area (Å²) in [5.74, 6) is 1.27. The maximum atomic E-state index is 10.8. The zero-order chi connectivity index (χ0) is 12.3. The van der Waals surface area contributed by atoms with Crippen molar-refractivity contribution in [3.05, 3.63) is 18.0 Å². The lowest BCUT2D eigenvalue weighted by Gasteiger charge is -2.34. The number of rotatable bonds is 4. The number of hydrogen-bond donors (Lipinski definition) is 1. The van der Waals surface area contributed by atoms with E-state index < -0.39 is 5.97 Å². The molecular formula is C11H17N3O2S. The molecule has 6 heteroatoms. The van der Waals surface area contributed by atoms with Gasteiger partial charge in [0.25, 0.3) is 0 Å². The zero-order valence-electron chi connectivity index (χ0n) is 9.87. The number of thioether (sulfide) groups is 1. The van der Waals surface area contributed by atoms with Gasteiger partial charge in [0.15, 0.2) is 0 Å². The van der Waals surface area contributed by atoms with Crippen molar-refractivity contribution in [2.45, 2.75) is 19.0 Å². The Bertz CT molecular complexity index is 394. The number of aryl methyl sites for hydroxylation is 1. The van der Waals surface area contributed by atoms with Gasteiger partial charge in [0.05, 0.1) is 12.1 Å². The fraction of sp³-hybridized carbons (Fsp3) is 0.636. The van der Waals surface area contributed by atoms with Crippen LogP contribution >= 0.6 is 11.8 Å². The maximum absolute atomic E-state index is 10.8. The second-order valence-electron chi connectivity index (χ2n) is 4.24. The molecule has 0 aliphatic carbocycles. The maximum Gasteiger partial charge on any atom is 0.304 e. The van der Waals surface area contributed by atoms with Crippen molar-refractivity contribution >= 4 is 17.7 Å². The van der Waals surface area contributed by atoms with E-state index in [-0.39, 0.29) is 12.5 Å². The lowest BCUT2D eigenvalue weighted by Crippen LogP contribution is -2.43. The molecule has 0 spiro atoms. The van der Waals surface area contributed by atoms with Gasteiger partial charge in [-0.3, -0.25) is 14.4 Å². The molecule has 1 aliphatic heterocycles. The molecule has 1 aromatic heterocycles. The van der Waals surface area contributed by atoms with Crippen molar-refractivity contribution in [2.24, 2.45) is 7.05 Å². The molecule has 0 saturated carbocycles. The minimum Gasteiger partial charge on any atom is -0.481 e. The summed E-state index contributed by atoms with van der Waals surface area (Å²) in [6.07, 6.45) is 2.01. The molecule has 17 heavy (non-hydrogen) atoms. The van der Waals surface area contributed by atoms with Crippen LogP contribution in [0.3, 0.4) is 0 Å². The van der Waals surface area contributed by atoms with Gasteiger partial charge >= 0.3 is 5.97 Å². The summed E-state index contributed by atoms with van der Waals surface area (Å²) >= 11 is 1.84. The molecule has 5 nitrogen and oxygen atoms in total. The van der Waals surface area contributed by atoms with Gasteiger partial charge in [0.1, 0.15) is 0 Å². The lowest BCUT2D eigenvalue weighted by atomic mass is 10.2. The molecule has 2 rings (SSSR count). The number of aromatic nitrogens is 2. The Morgan fingerprint density at radius 1 is 1.71 bits per heavy atom. The number of carboxylic acids is 1. The number of aliphatic carboxylic acids is 1. The van der Waals surface area contributed by atoms with Crippen LogP contribution in [0.25, 0.3) is 0 Å². The molecular weight excluding hydrogens is 238 g/mol. The first kappa shape index (κ1) is 12.4. The van der Waals surface area contributed by atoms with Gasteiger partial charge in [0, 0.05) is 43.9 Å². The summed E-state index contributed by atoms with van der Waals surface area (Å²) in [6, 6.07) is 2.13. The number of carbonyl (C=O) groups is 1. The standard InChI is InChI=1S/C11H17N3O2S/c1-13-9(2-3-12-13)7-14-4-5-17-8-10(14)6-11(15)16/h2-3,10H,4-8H2,1H3,(H,15,16). The molecule has 1 saturated heterocycles. The van der Waals surface area contributed by atoms with E-state index in [2.05, 4.69) is 10.00 Å². The molecule has 2 heterocycles. The van der Waals surface area contributed by atoms with E-state index in [1.807, 2.05) is 29.6 Å². The number of hydrogen-bond acceptors (Lipinski definition) is 4. The minimum absolute atomic E-state index is 0.140. The largest absolute Gasteiger partial charge is 0.481 e. The third kappa shape index (κ3) is 3.23. The van der Waals surface area contributed by atoms with Crippen LogP contribution in [0.4, 0.5) is 0 Å². The van der Waals surface area contributed by atoms with E-state index in [1.54, 1.807) is 6.20 Å². The topological polar surface area (TPSA) is 58.4 Å². The average Bonchev–Trinajstić information content (AvgIpc) is 2.67. The summed E-state index contributed by atoms with van der Waals surface area (Å²) in [6.45, 7) is 1.74. The summed E-state index contributed by atoms with van der Waals surface area (Å²) in [5.41, 5.74) is 1.13. The lowest BCUT2D eigenvalue weighted by molar-refractivity contribution is -0.138. The smallest absolute Gasteiger partial charge is 0.304 e. The Morgan fingerprint density at radius 3 is 3.18 bits per heavy atom. The highest BCUT2D eigenvalue weighted by Crippen LogP contribution is 2.20. The van der Waals surface area contributed by atoms with Crippen molar-refractivity contribution in [1.82, 2.24) is 14.7 Å². The van der Waals surface area contributed by atoms with Crippen LogP contribution in [0.15, 0.2) is 12.3 Å². The zero-order valence-corrected chi connectivity index (χ0v) is 10.7. The molecule has 94 valence electrons. The first-order valence-electron chi connectivity index (χ1n) is 5.67.